The highest BCUT2D eigenvalue weighted by Gasteiger charge is 2.13. The van der Waals surface area contributed by atoms with E-state index < -0.39 is 5.91 Å². The van der Waals surface area contributed by atoms with Gasteiger partial charge in [-0.15, -0.1) is 0 Å². The van der Waals surface area contributed by atoms with Crippen LogP contribution in [0.4, 0.5) is 0 Å². The normalized spacial score (nSPS) is 10.8. The third kappa shape index (κ3) is 3.00. The highest BCUT2D eigenvalue weighted by atomic mass is 16.2. The first-order valence-corrected chi connectivity index (χ1v) is 8.20. The van der Waals surface area contributed by atoms with E-state index in [0.717, 1.165) is 21.9 Å². The maximum Gasteiger partial charge on any atom is 0.271 e. The minimum absolute atomic E-state index is 0.165. The standard InChI is InChI=1S/C20H16N4O2/c25-18(11-14-12-22-17-9-2-1-7-15(14)17)23-24-20(26)16-8-3-5-13-6-4-10-21-19(13)16/h1-10,12,22H,11H2,(H,23,25)(H,24,26). The quantitative estimate of drug-likeness (QED) is 0.500. The summed E-state index contributed by atoms with van der Waals surface area (Å²) in [6.07, 6.45) is 3.60. The summed E-state index contributed by atoms with van der Waals surface area (Å²) in [5.74, 6) is -0.696. The van der Waals surface area contributed by atoms with Gasteiger partial charge in [-0.05, 0) is 23.8 Å². The van der Waals surface area contributed by atoms with E-state index in [0.29, 0.717) is 11.1 Å². The SMILES string of the molecule is O=C(Cc1c[nH]c2ccccc12)NNC(=O)c1cccc2cccnc12. The number of H-pyrrole nitrogens is 1. The molecule has 0 aliphatic carbocycles. The topological polar surface area (TPSA) is 86.9 Å². The van der Waals surface area contributed by atoms with Gasteiger partial charge < -0.3 is 4.98 Å². The number of amides is 2. The Kier molecular flexibility index (Phi) is 4.07. The van der Waals surface area contributed by atoms with Crippen molar-refractivity contribution in [2.45, 2.75) is 6.42 Å². The van der Waals surface area contributed by atoms with Crippen molar-refractivity contribution in [1.29, 1.82) is 0 Å². The van der Waals surface area contributed by atoms with Gasteiger partial charge in [-0.3, -0.25) is 25.4 Å². The molecule has 0 saturated heterocycles. The number of aromatic nitrogens is 2. The molecule has 0 atom stereocenters. The summed E-state index contributed by atoms with van der Waals surface area (Å²) < 4.78 is 0. The fourth-order valence-corrected chi connectivity index (χ4v) is 2.98. The summed E-state index contributed by atoms with van der Waals surface area (Å²) in [4.78, 5) is 32.0. The first kappa shape index (κ1) is 15.8. The molecule has 0 aliphatic rings. The maximum absolute atomic E-state index is 12.4. The van der Waals surface area contributed by atoms with Crippen LogP contribution in [0.3, 0.4) is 0 Å². The molecule has 2 aromatic heterocycles. The predicted molar refractivity (Wildman–Crippen MR) is 99.4 cm³/mol. The second-order valence-electron chi connectivity index (χ2n) is 5.92. The van der Waals surface area contributed by atoms with Crippen LogP contribution in [0, 0.1) is 0 Å². The molecule has 0 spiro atoms. The lowest BCUT2D eigenvalue weighted by atomic mass is 10.1. The molecule has 4 aromatic rings. The van der Waals surface area contributed by atoms with Gasteiger partial charge in [0.05, 0.1) is 17.5 Å². The molecule has 4 rings (SSSR count). The number of rotatable bonds is 3. The smallest absolute Gasteiger partial charge is 0.271 e. The van der Waals surface area contributed by atoms with Gasteiger partial charge in [0.25, 0.3) is 5.91 Å². The van der Waals surface area contributed by atoms with E-state index in [-0.39, 0.29) is 12.3 Å². The second-order valence-corrected chi connectivity index (χ2v) is 5.92. The van der Waals surface area contributed by atoms with E-state index in [1.54, 1.807) is 24.5 Å². The number of aromatic amines is 1. The molecule has 128 valence electrons. The molecule has 3 N–H and O–H groups in total. The number of carbonyl (C=O) groups excluding carboxylic acids is 2. The van der Waals surface area contributed by atoms with Gasteiger partial charge in [0, 0.05) is 28.7 Å². The molecular formula is C20H16N4O2. The highest BCUT2D eigenvalue weighted by molar-refractivity contribution is 6.05. The molecule has 0 fully saturated rings. The number of pyridine rings is 1. The Labute approximate surface area is 149 Å². The zero-order valence-electron chi connectivity index (χ0n) is 13.8. The Morgan fingerprint density at radius 1 is 0.962 bits per heavy atom. The van der Waals surface area contributed by atoms with Crippen molar-refractivity contribution < 1.29 is 9.59 Å². The van der Waals surface area contributed by atoms with Gasteiger partial charge in [-0.2, -0.15) is 0 Å². The van der Waals surface area contributed by atoms with Gasteiger partial charge in [-0.1, -0.05) is 36.4 Å². The van der Waals surface area contributed by atoms with Crippen LogP contribution in [0.15, 0.2) is 67.0 Å². The van der Waals surface area contributed by atoms with Crippen LogP contribution in [0.2, 0.25) is 0 Å². The molecule has 0 radical (unpaired) electrons. The molecule has 2 amide bonds. The Bertz CT molecular complexity index is 1110. The molecule has 6 nitrogen and oxygen atoms in total. The van der Waals surface area contributed by atoms with E-state index in [9.17, 15) is 9.59 Å². The van der Waals surface area contributed by atoms with Crippen LogP contribution >= 0.6 is 0 Å². The molecule has 2 aromatic carbocycles. The number of nitrogens with one attached hydrogen (secondary N) is 3. The van der Waals surface area contributed by atoms with Crippen molar-refractivity contribution in [3.05, 3.63) is 78.1 Å². The van der Waals surface area contributed by atoms with Crippen LogP contribution < -0.4 is 10.9 Å². The third-order valence-electron chi connectivity index (χ3n) is 4.22. The largest absolute Gasteiger partial charge is 0.361 e. The van der Waals surface area contributed by atoms with E-state index >= 15 is 0 Å². The molecule has 0 unspecified atom stereocenters. The number of hydrogen-bond donors (Lipinski definition) is 3. The average molecular weight is 344 g/mol. The van der Waals surface area contributed by atoms with Crippen molar-refractivity contribution in [3.8, 4) is 0 Å². The summed E-state index contributed by atoms with van der Waals surface area (Å²) in [5.41, 5.74) is 7.79. The minimum atomic E-state index is -0.401. The van der Waals surface area contributed by atoms with Crippen molar-refractivity contribution in [1.82, 2.24) is 20.8 Å². The Hall–Kier alpha value is -3.67. The van der Waals surface area contributed by atoms with E-state index in [1.807, 2.05) is 42.5 Å². The fourth-order valence-electron chi connectivity index (χ4n) is 2.98. The lowest BCUT2D eigenvalue weighted by Crippen LogP contribution is -2.42. The van der Waals surface area contributed by atoms with Crippen LogP contribution in [0.1, 0.15) is 15.9 Å². The van der Waals surface area contributed by atoms with Crippen molar-refractivity contribution in [2.75, 3.05) is 0 Å². The molecule has 0 saturated carbocycles. The summed E-state index contributed by atoms with van der Waals surface area (Å²) in [6, 6.07) is 16.8. The van der Waals surface area contributed by atoms with Crippen molar-refractivity contribution >= 4 is 33.6 Å². The Balaban J connectivity index is 1.45. The summed E-state index contributed by atoms with van der Waals surface area (Å²) in [5, 5.41) is 1.86. The zero-order chi connectivity index (χ0) is 17.9. The minimum Gasteiger partial charge on any atom is -0.361 e. The number of nitrogens with zero attached hydrogens (tertiary/aromatic N) is 1. The van der Waals surface area contributed by atoms with Crippen LogP contribution in [0.25, 0.3) is 21.8 Å². The van der Waals surface area contributed by atoms with Gasteiger partial charge in [-0.25, -0.2) is 0 Å². The number of benzene rings is 2. The number of hydrazine groups is 1. The Morgan fingerprint density at radius 2 is 1.81 bits per heavy atom. The molecule has 26 heavy (non-hydrogen) atoms. The van der Waals surface area contributed by atoms with Crippen LogP contribution in [0.5, 0.6) is 0 Å². The number of para-hydroxylation sites is 2. The number of carbonyl (C=O) groups is 2. The van der Waals surface area contributed by atoms with Crippen molar-refractivity contribution in [3.63, 3.8) is 0 Å². The lowest BCUT2D eigenvalue weighted by molar-refractivity contribution is -0.121. The maximum atomic E-state index is 12.4. The lowest BCUT2D eigenvalue weighted by Gasteiger charge is -2.08. The fraction of sp³-hybridized carbons (Fsp3) is 0.0500. The van der Waals surface area contributed by atoms with E-state index in [1.165, 1.54) is 0 Å². The first-order valence-electron chi connectivity index (χ1n) is 8.20. The third-order valence-corrected chi connectivity index (χ3v) is 4.22. The molecular weight excluding hydrogens is 328 g/mol. The van der Waals surface area contributed by atoms with Crippen LogP contribution in [-0.4, -0.2) is 21.8 Å². The summed E-state index contributed by atoms with van der Waals surface area (Å²) in [6.45, 7) is 0. The zero-order valence-corrected chi connectivity index (χ0v) is 13.8. The highest BCUT2D eigenvalue weighted by Crippen LogP contribution is 2.18. The first-order chi connectivity index (χ1) is 12.7. The van der Waals surface area contributed by atoms with Gasteiger partial charge in [0.2, 0.25) is 5.91 Å². The monoisotopic (exact) mass is 344 g/mol. The van der Waals surface area contributed by atoms with Gasteiger partial charge in [0.15, 0.2) is 0 Å². The van der Waals surface area contributed by atoms with Crippen molar-refractivity contribution in [2.24, 2.45) is 0 Å². The summed E-state index contributed by atoms with van der Waals surface area (Å²) >= 11 is 0. The Morgan fingerprint density at radius 3 is 2.73 bits per heavy atom. The average Bonchev–Trinajstić information content (AvgIpc) is 3.08. The number of fused-ring (bicyclic) bond motifs is 2. The molecule has 0 aliphatic heterocycles. The van der Waals surface area contributed by atoms with Crippen LogP contribution in [-0.2, 0) is 11.2 Å². The van der Waals surface area contributed by atoms with E-state index in [2.05, 4.69) is 20.8 Å². The number of hydrogen-bond acceptors (Lipinski definition) is 3. The van der Waals surface area contributed by atoms with E-state index in [4.69, 9.17) is 0 Å². The molecule has 0 bridgehead atoms. The van der Waals surface area contributed by atoms with Gasteiger partial charge >= 0.3 is 0 Å². The van der Waals surface area contributed by atoms with Gasteiger partial charge in [0.1, 0.15) is 0 Å². The summed E-state index contributed by atoms with van der Waals surface area (Å²) in [7, 11) is 0. The predicted octanol–water partition coefficient (Wildman–Crippen LogP) is 2.72. The molecule has 2 heterocycles. The second kappa shape index (κ2) is 6.68. The molecule has 6 heteroatoms.